The van der Waals surface area contributed by atoms with Gasteiger partial charge in [-0.15, -0.1) is 0 Å². The summed E-state index contributed by atoms with van der Waals surface area (Å²) in [7, 11) is 1.61. The third kappa shape index (κ3) is 3.14. The minimum atomic E-state index is -4.37. The minimum Gasteiger partial charge on any atom is -0.329 e. The van der Waals surface area contributed by atoms with Gasteiger partial charge >= 0.3 is 6.18 Å². The molecule has 0 atom stereocenters. The van der Waals surface area contributed by atoms with Crippen molar-refractivity contribution in [2.45, 2.75) is 6.18 Å². The van der Waals surface area contributed by atoms with E-state index in [9.17, 15) is 13.2 Å². The Morgan fingerprint density at radius 2 is 1.89 bits per heavy atom. The molecule has 0 radical (unpaired) electrons. The smallest absolute Gasteiger partial charge is 0.329 e. The van der Waals surface area contributed by atoms with E-state index in [4.69, 9.17) is 11.6 Å². The first-order valence-corrected chi connectivity index (χ1v) is 5.64. The molecule has 0 unspecified atom stereocenters. The van der Waals surface area contributed by atoms with Crippen LogP contribution in [0.15, 0.2) is 36.7 Å². The van der Waals surface area contributed by atoms with Crippen LogP contribution in [-0.2, 0) is 6.18 Å². The second-order valence-corrected chi connectivity index (χ2v) is 4.19. The highest BCUT2D eigenvalue weighted by atomic mass is 35.5. The average molecular weight is 288 g/mol. The maximum atomic E-state index is 12.6. The molecule has 0 saturated carbocycles. The lowest BCUT2D eigenvalue weighted by Gasteiger charge is -2.19. The van der Waals surface area contributed by atoms with Crippen molar-refractivity contribution in [1.29, 1.82) is 0 Å². The van der Waals surface area contributed by atoms with Gasteiger partial charge in [-0.1, -0.05) is 17.7 Å². The van der Waals surface area contributed by atoms with Gasteiger partial charge in [0.05, 0.1) is 5.56 Å². The molecule has 0 N–H and O–H groups in total. The minimum absolute atomic E-state index is 0.226. The van der Waals surface area contributed by atoms with Crippen LogP contribution in [0.5, 0.6) is 0 Å². The van der Waals surface area contributed by atoms with Crippen molar-refractivity contribution in [1.82, 2.24) is 9.97 Å². The Labute approximate surface area is 112 Å². The molecule has 0 aliphatic rings. The molecule has 100 valence electrons. The molecule has 0 saturated heterocycles. The van der Waals surface area contributed by atoms with E-state index >= 15 is 0 Å². The summed E-state index contributed by atoms with van der Waals surface area (Å²) in [6.07, 6.45) is -3.12. The van der Waals surface area contributed by atoms with Crippen LogP contribution in [0.1, 0.15) is 5.56 Å². The molecular formula is C12H9ClF3N3. The van der Waals surface area contributed by atoms with Crippen LogP contribution in [0, 0.1) is 0 Å². The Bertz CT molecular complexity index is 586. The number of hydrogen-bond donors (Lipinski definition) is 0. The first-order chi connectivity index (χ1) is 8.88. The fourth-order valence-corrected chi connectivity index (χ4v) is 1.67. The number of rotatable bonds is 2. The summed E-state index contributed by atoms with van der Waals surface area (Å²) >= 11 is 5.72. The lowest BCUT2D eigenvalue weighted by atomic mass is 10.2. The first kappa shape index (κ1) is 13.6. The fourth-order valence-electron chi connectivity index (χ4n) is 1.53. The summed E-state index contributed by atoms with van der Waals surface area (Å²) in [6.45, 7) is 0. The van der Waals surface area contributed by atoms with Gasteiger partial charge in [-0.05, 0) is 18.2 Å². The van der Waals surface area contributed by atoms with Crippen LogP contribution < -0.4 is 4.90 Å². The summed E-state index contributed by atoms with van der Waals surface area (Å²) in [5, 5.41) is 0.226. The van der Waals surface area contributed by atoms with Crippen molar-refractivity contribution >= 4 is 23.1 Å². The Morgan fingerprint density at radius 3 is 2.53 bits per heavy atom. The maximum absolute atomic E-state index is 12.6. The molecule has 1 aromatic heterocycles. The van der Waals surface area contributed by atoms with Gasteiger partial charge in [0.1, 0.15) is 17.3 Å². The van der Waals surface area contributed by atoms with E-state index in [1.807, 2.05) is 0 Å². The number of benzene rings is 1. The summed E-state index contributed by atoms with van der Waals surface area (Å²) in [6, 6.07) is 6.45. The molecule has 0 fully saturated rings. The zero-order valence-electron chi connectivity index (χ0n) is 9.82. The van der Waals surface area contributed by atoms with Crippen molar-refractivity contribution < 1.29 is 13.2 Å². The van der Waals surface area contributed by atoms with E-state index in [0.29, 0.717) is 11.5 Å². The number of hydrogen-bond acceptors (Lipinski definition) is 3. The fraction of sp³-hybridized carbons (Fsp3) is 0.167. The Morgan fingerprint density at radius 1 is 1.16 bits per heavy atom. The van der Waals surface area contributed by atoms with Gasteiger partial charge in [-0.25, -0.2) is 9.97 Å². The van der Waals surface area contributed by atoms with Crippen LogP contribution in [0.25, 0.3) is 0 Å². The van der Waals surface area contributed by atoms with Crippen molar-refractivity contribution in [2.24, 2.45) is 0 Å². The number of nitrogens with zero attached hydrogens (tertiary/aromatic N) is 3. The quantitative estimate of drug-likeness (QED) is 0.784. The van der Waals surface area contributed by atoms with Gasteiger partial charge in [0, 0.05) is 18.8 Å². The molecule has 19 heavy (non-hydrogen) atoms. The summed E-state index contributed by atoms with van der Waals surface area (Å²) in [5.41, 5.74) is -0.346. The molecule has 3 nitrogen and oxygen atoms in total. The highest BCUT2D eigenvalue weighted by molar-refractivity contribution is 6.29. The van der Waals surface area contributed by atoms with Gasteiger partial charge in [0.25, 0.3) is 0 Å². The van der Waals surface area contributed by atoms with Crippen LogP contribution in [-0.4, -0.2) is 17.0 Å². The topological polar surface area (TPSA) is 29.0 Å². The van der Waals surface area contributed by atoms with Crippen molar-refractivity contribution in [2.75, 3.05) is 11.9 Å². The lowest BCUT2D eigenvalue weighted by molar-refractivity contribution is -0.137. The molecule has 7 heteroatoms. The van der Waals surface area contributed by atoms with Gasteiger partial charge in [-0.3, -0.25) is 0 Å². The molecule has 0 aliphatic heterocycles. The maximum Gasteiger partial charge on any atom is 0.416 e. The zero-order chi connectivity index (χ0) is 14.0. The predicted octanol–water partition coefficient (Wildman–Crippen LogP) is 3.92. The van der Waals surface area contributed by atoms with Crippen molar-refractivity contribution in [3.05, 3.63) is 47.4 Å². The number of halogens is 4. The molecule has 0 aliphatic carbocycles. The van der Waals surface area contributed by atoms with Crippen LogP contribution in [0.4, 0.5) is 24.7 Å². The van der Waals surface area contributed by atoms with Crippen molar-refractivity contribution in [3.8, 4) is 0 Å². The second kappa shape index (κ2) is 5.05. The molecule has 0 amide bonds. The largest absolute Gasteiger partial charge is 0.416 e. The normalized spacial score (nSPS) is 11.4. The SMILES string of the molecule is CN(c1cccc(C(F)(F)F)c1)c1cc(Cl)ncn1. The molecular weight excluding hydrogens is 279 g/mol. The van der Waals surface area contributed by atoms with E-state index in [1.54, 1.807) is 13.1 Å². The monoisotopic (exact) mass is 287 g/mol. The van der Waals surface area contributed by atoms with Gasteiger partial charge in [-0.2, -0.15) is 13.2 Å². The van der Waals surface area contributed by atoms with E-state index in [1.165, 1.54) is 23.4 Å². The van der Waals surface area contributed by atoms with E-state index < -0.39 is 11.7 Å². The molecule has 2 rings (SSSR count). The molecule has 1 heterocycles. The van der Waals surface area contributed by atoms with E-state index in [2.05, 4.69) is 9.97 Å². The van der Waals surface area contributed by atoms with Crippen LogP contribution in [0.3, 0.4) is 0 Å². The average Bonchev–Trinajstić information content (AvgIpc) is 2.37. The second-order valence-electron chi connectivity index (χ2n) is 3.81. The number of alkyl halides is 3. The van der Waals surface area contributed by atoms with Gasteiger partial charge in [0.2, 0.25) is 0 Å². The van der Waals surface area contributed by atoms with Crippen molar-refractivity contribution in [3.63, 3.8) is 0 Å². The molecule has 1 aromatic carbocycles. The zero-order valence-corrected chi connectivity index (χ0v) is 10.6. The molecule has 0 bridgehead atoms. The van der Waals surface area contributed by atoms with Gasteiger partial charge in [0.15, 0.2) is 0 Å². The first-order valence-electron chi connectivity index (χ1n) is 5.26. The Hall–Kier alpha value is -1.82. The highest BCUT2D eigenvalue weighted by Crippen LogP contribution is 2.32. The summed E-state index contributed by atoms with van der Waals surface area (Å²) in [5.74, 6) is 0.416. The molecule has 2 aromatic rings. The van der Waals surface area contributed by atoms with Gasteiger partial charge < -0.3 is 4.90 Å². The summed E-state index contributed by atoms with van der Waals surface area (Å²) in [4.78, 5) is 9.18. The third-order valence-electron chi connectivity index (χ3n) is 2.52. The highest BCUT2D eigenvalue weighted by Gasteiger charge is 2.30. The number of aromatic nitrogens is 2. The lowest BCUT2D eigenvalue weighted by Crippen LogP contribution is -2.13. The number of anilines is 2. The van der Waals surface area contributed by atoms with E-state index in [-0.39, 0.29) is 5.15 Å². The summed E-state index contributed by atoms with van der Waals surface area (Å²) < 4.78 is 37.9. The molecule has 0 spiro atoms. The third-order valence-corrected chi connectivity index (χ3v) is 2.73. The van der Waals surface area contributed by atoms with Crippen LogP contribution >= 0.6 is 11.6 Å². The Kier molecular flexibility index (Phi) is 3.61. The Balaban J connectivity index is 2.37. The standard InChI is InChI=1S/C12H9ClF3N3/c1-19(11-6-10(13)17-7-18-11)9-4-2-3-8(5-9)12(14,15)16/h2-7H,1H3. The van der Waals surface area contributed by atoms with Crippen LogP contribution in [0.2, 0.25) is 5.15 Å². The van der Waals surface area contributed by atoms with E-state index in [0.717, 1.165) is 12.1 Å². The predicted molar refractivity (Wildman–Crippen MR) is 66.5 cm³/mol.